The smallest absolute Gasteiger partial charge is 0.264 e. The summed E-state index contributed by atoms with van der Waals surface area (Å²) in [5, 5.41) is 2.00. The molecule has 112 valence electrons. The highest BCUT2D eigenvalue weighted by Gasteiger charge is 2.31. The van der Waals surface area contributed by atoms with Gasteiger partial charge in [0.1, 0.15) is 0 Å². The lowest BCUT2D eigenvalue weighted by Crippen LogP contribution is -2.44. The summed E-state index contributed by atoms with van der Waals surface area (Å²) in [6.45, 7) is 3.92. The van der Waals surface area contributed by atoms with Crippen molar-refractivity contribution in [3.05, 3.63) is 45.9 Å². The maximum Gasteiger partial charge on any atom is 0.264 e. The van der Waals surface area contributed by atoms with Crippen molar-refractivity contribution in [1.82, 2.24) is 9.47 Å². The number of morpholine rings is 1. The third-order valence-electron chi connectivity index (χ3n) is 4.04. The molecule has 0 aromatic carbocycles. The zero-order valence-electron chi connectivity index (χ0n) is 12.4. The Hall–Kier alpha value is -1.59. The van der Waals surface area contributed by atoms with E-state index in [4.69, 9.17) is 4.74 Å². The number of ether oxygens (including phenoxy) is 1. The van der Waals surface area contributed by atoms with Crippen LogP contribution in [-0.4, -0.2) is 35.1 Å². The normalized spacial score (nSPS) is 19.0. The fraction of sp³-hybridized carbons (Fsp3) is 0.438. The number of rotatable bonds is 3. The van der Waals surface area contributed by atoms with Crippen molar-refractivity contribution in [1.29, 1.82) is 0 Å². The van der Waals surface area contributed by atoms with Crippen LogP contribution < -0.4 is 0 Å². The highest BCUT2D eigenvalue weighted by molar-refractivity contribution is 7.12. The number of hydrogen-bond donors (Lipinski definition) is 0. The van der Waals surface area contributed by atoms with Gasteiger partial charge in [-0.25, -0.2) is 0 Å². The van der Waals surface area contributed by atoms with Crippen LogP contribution in [0.4, 0.5) is 0 Å². The lowest BCUT2D eigenvalue weighted by molar-refractivity contribution is -0.00442. The molecule has 0 saturated carbocycles. The molecule has 1 aliphatic heterocycles. The number of thiophene rings is 1. The lowest BCUT2D eigenvalue weighted by atomic mass is 10.1. The molecule has 1 amide bonds. The number of nitrogens with zero attached hydrogens (tertiary/aromatic N) is 2. The van der Waals surface area contributed by atoms with E-state index in [1.54, 1.807) is 11.3 Å². The Labute approximate surface area is 128 Å². The first-order valence-electron chi connectivity index (χ1n) is 7.28. The third kappa shape index (κ3) is 2.63. The van der Waals surface area contributed by atoms with Gasteiger partial charge in [-0.2, -0.15) is 0 Å². The minimum absolute atomic E-state index is 0.00180. The van der Waals surface area contributed by atoms with Crippen LogP contribution in [0.25, 0.3) is 0 Å². The van der Waals surface area contributed by atoms with Gasteiger partial charge < -0.3 is 14.2 Å². The van der Waals surface area contributed by atoms with Crippen LogP contribution in [0.1, 0.15) is 33.9 Å². The lowest BCUT2D eigenvalue weighted by Gasteiger charge is -2.36. The van der Waals surface area contributed by atoms with E-state index in [0.717, 1.165) is 22.6 Å². The Morgan fingerprint density at radius 2 is 2.33 bits per heavy atom. The second kappa shape index (κ2) is 6.03. The van der Waals surface area contributed by atoms with Gasteiger partial charge in [0.05, 0.1) is 24.1 Å². The van der Waals surface area contributed by atoms with Gasteiger partial charge in [-0.3, -0.25) is 4.79 Å². The first-order chi connectivity index (χ1) is 10.2. The molecule has 0 bridgehead atoms. The van der Waals surface area contributed by atoms with Crippen molar-refractivity contribution in [2.45, 2.75) is 19.4 Å². The summed E-state index contributed by atoms with van der Waals surface area (Å²) in [6.07, 6.45) is 2.90. The molecule has 0 unspecified atom stereocenters. The van der Waals surface area contributed by atoms with Crippen molar-refractivity contribution in [2.24, 2.45) is 7.05 Å². The molecule has 1 saturated heterocycles. The topological polar surface area (TPSA) is 34.5 Å². The largest absolute Gasteiger partial charge is 0.377 e. The Morgan fingerprint density at radius 1 is 1.48 bits per heavy atom. The minimum Gasteiger partial charge on any atom is -0.377 e. The van der Waals surface area contributed by atoms with Crippen LogP contribution in [0.15, 0.2) is 29.8 Å². The molecule has 0 spiro atoms. The molecule has 2 aromatic heterocycles. The highest BCUT2D eigenvalue weighted by atomic mass is 32.1. The van der Waals surface area contributed by atoms with Crippen LogP contribution in [0, 0.1) is 0 Å². The first-order valence-corrected chi connectivity index (χ1v) is 8.16. The summed E-state index contributed by atoms with van der Waals surface area (Å²) in [6, 6.07) is 6.12. The molecule has 3 rings (SSSR count). The van der Waals surface area contributed by atoms with Crippen molar-refractivity contribution < 1.29 is 9.53 Å². The summed E-state index contributed by atoms with van der Waals surface area (Å²) in [7, 11) is 2.01. The quantitative estimate of drug-likeness (QED) is 0.874. The number of aryl methyl sites for hydroxylation is 2. The molecule has 3 heterocycles. The van der Waals surface area contributed by atoms with Crippen molar-refractivity contribution in [2.75, 3.05) is 19.8 Å². The molecule has 1 aliphatic rings. The molecule has 5 heteroatoms. The van der Waals surface area contributed by atoms with Gasteiger partial charge in [0, 0.05) is 25.5 Å². The van der Waals surface area contributed by atoms with Crippen LogP contribution in [0.2, 0.25) is 0 Å². The summed E-state index contributed by atoms with van der Waals surface area (Å²) in [5.41, 5.74) is 2.26. The predicted octanol–water partition coefficient (Wildman–Crippen LogP) is 2.86. The van der Waals surface area contributed by atoms with Gasteiger partial charge in [-0.05, 0) is 35.6 Å². The molecule has 0 N–H and O–H groups in total. The van der Waals surface area contributed by atoms with E-state index >= 15 is 0 Å². The molecule has 1 atom stereocenters. The summed E-state index contributed by atoms with van der Waals surface area (Å²) in [4.78, 5) is 15.8. The van der Waals surface area contributed by atoms with Crippen LogP contribution in [-0.2, 0) is 18.2 Å². The van der Waals surface area contributed by atoms with Gasteiger partial charge in [-0.1, -0.05) is 6.92 Å². The number of aromatic nitrogens is 1. The fourth-order valence-electron chi connectivity index (χ4n) is 2.84. The van der Waals surface area contributed by atoms with E-state index in [-0.39, 0.29) is 11.9 Å². The SMILES string of the molecule is CCc1ccsc1C(=O)N1CCOC[C@@H]1c1cccn1C. The zero-order chi connectivity index (χ0) is 14.8. The average Bonchev–Trinajstić information content (AvgIpc) is 3.14. The maximum absolute atomic E-state index is 12.9. The van der Waals surface area contributed by atoms with Crippen LogP contribution in [0.3, 0.4) is 0 Å². The van der Waals surface area contributed by atoms with E-state index in [9.17, 15) is 4.79 Å². The Balaban J connectivity index is 1.91. The predicted molar refractivity (Wildman–Crippen MR) is 83.7 cm³/mol. The van der Waals surface area contributed by atoms with E-state index in [1.807, 2.05) is 29.6 Å². The van der Waals surface area contributed by atoms with Crippen LogP contribution in [0.5, 0.6) is 0 Å². The molecule has 21 heavy (non-hydrogen) atoms. The van der Waals surface area contributed by atoms with Crippen molar-refractivity contribution in [3.8, 4) is 0 Å². The van der Waals surface area contributed by atoms with E-state index in [2.05, 4.69) is 23.6 Å². The first kappa shape index (κ1) is 14.4. The molecule has 2 aromatic rings. The second-order valence-electron chi connectivity index (χ2n) is 5.26. The van der Waals surface area contributed by atoms with Crippen LogP contribution >= 0.6 is 11.3 Å². The standard InChI is InChI=1S/C16H20N2O2S/c1-3-12-6-10-21-15(12)16(19)18-8-9-20-11-14(18)13-5-4-7-17(13)2/h4-7,10,14H,3,8-9,11H2,1-2H3/t14-/m1/s1. The summed E-state index contributed by atoms with van der Waals surface area (Å²) >= 11 is 1.54. The zero-order valence-corrected chi connectivity index (χ0v) is 13.2. The third-order valence-corrected chi connectivity index (χ3v) is 4.98. The van der Waals surface area contributed by atoms with Gasteiger partial charge in [-0.15, -0.1) is 11.3 Å². The molecular formula is C16H20N2O2S. The summed E-state index contributed by atoms with van der Waals surface area (Å²) < 4.78 is 7.68. The van der Waals surface area contributed by atoms with Gasteiger partial charge in [0.15, 0.2) is 0 Å². The minimum atomic E-state index is -0.00180. The molecule has 4 nitrogen and oxygen atoms in total. The van der Waals surface area contributed by atoms with E-state index in [0.29, 0.717) is 19.8 Å². The second-order valence-corrected chi connectivity index (χ2v) is 6.18. The van der Waals surface area contributed by atoms with E-state index in [1.165, 1.54) is 0 Å². The molecular weight excluding hydrogens is 284 g/mol. The highest BCUT2D eigenvalue weighted by Crippen LogP contribution is 2.28. The average molecular weight is 304 g/mol. The van der Waals surface area contributed by atoms with Crippen molar-refractivity contribution in [3.63, 3.8) is 0 Å². The Bertz CT molecular complexity index is 632. The Morgan fingerprint density at radius 3 is 3.05 bits per heavy atom. The van der Waals surface area contributed by atoms with Crippen molar-refractivity contribution >= 4 is 17.2 Å². The fourth-order valence-corrected chi connectivity index (χ4v) is 3.79. The number of amides is 1. The number of carbonyl (C=O) groups excluding carboxylic acids is 1. The monoisotopic (exact) mass is 304 g/mol. The molecule has 0 radical (unpaired) electrons. The Kier molecular flexibility index (Phi) is 4.12. The summed E-state index contributed by atoms with van der Waals surface area (Å²) in [5.74, 6) is 0.136. The molecule has 1 fully saturated rings. The number of carbonyl (C=O) groups is 1. The van der Waals surface area contributed by atoms with Gasteiger partial charge in [0.2, 0.25) is 0 Å². The van der Waals surface area contributed by atoms with Gasteiger partial charge >= 0.3 is 0 Å². The maximum atomic E-state index is 12.9. The van der Waals surface area contributed by atoms with E-state index < -0.39 is 0 Å². The van der Waals surface area contributed by atoms with Gasteiger partial charge in [0.25, 0.3) is 5.91 Å². The molecule has 0 aliphatic carbocycles. The number of hydrogen-bond acceptors (Lipinski definition) is 3.